The molecule has 1 aromatic rings. The second kappa shape index (κ2) is 5.11. The highest BCUT2D eigenvalue weighted by Crippen LogP contribution is 2.30. The van der Waals surface area contributed by atoms with Gasteiger partial charge in [-0.15, -0.1) is 0 Å². The molecule has 1 heterocycles. The van der Waals surface area contributed by atoms with Crippen molar-refractivity contribution in [3.8, 4) is 0 Å². The number of rotatable bonds is 4. The maximum atomic E-state index is 11.0. The van der Waals surface area contributed by atoms with Crippen molar-refractivity contribution in [3.05, 3.63) is 17.8 Å². The molecule has 0 aliphatic heterocycles. The molecule has 0 amide bonds. The number of methoxy groups -OCH3 is 1. The SMILES string of the molecule is C=S(C)C(C)c1cnc(CC(=O)OC)o1. The third-order valence-corrected chi connectivity index (χ3v) is 3.54. The molecule has 5 heteroatoms. The molecule has 0 radical (unpaired) electrons. The highest BCUT2D eigenvalue weighted by atomic mass is 32.2. The molecule has 1 aromatic heterocycles. The summed E-state index contributed by atoms with van der Waals surface area (Å²) in [6.07, 6.45) is 3.77. The summed E-state index contributed by atoms with van der Waals surface area (Å²) in [6.45, 7) is 2.03. The van der Waals surface area contributed by atoms with Gasteiger partial charge in [0.15, 0.2) is 0 Å². The Morgan fingerprint density at radius 1 is 1.80 bits per heavy atom. The van der Waals surface area contributed by atoms with Crippen LogP contribution < -0.4 is 0 Å². The summed E-state index contributed by atoms with van der Waals surface area (Å²) < 4.78 is 9.96. The second-order valence-electron chi connectivity index (χ2n) is 3.24. The first kappa shape index (κ1) is 12.0. The van der Waals surface area contributed by atoms with E-state index in [1.807, 2.05) is 13.2 Å². The summed E-state index contributed by atoms with van der Waals surface area (Å²) in [7, 11) is 1.33. The standard InChI is InChI=1S/C10H15NO3S/c1-7(15(3)4)8-6-11-9(14-8)5-10(12)13-2/h6-7H,3,5H2,1-2,4H3. The minimum Gasteiger partial charge on any atom is -0.469 e. The fourth-order valence-corrected chi connectivity index (χ4v) is 1.49. The molecule has 0 N–H and O–H groups in total. The predicted octanol–water partition coefficient (Wildman–Crippen LogP) is 1.78. The second-order valence-corrected chi connectivity index (χ2v) is 5.33. The Labute approximate surface area is 91.6 Å². The third kappa shape index (κ3) is 3.20. The van der Waals surface area contributed by atoms with E-state index in [1.54, 1.807) is 6.20 Å². The number of carbonyl (C=O) groups excluding carboxylic acids is 1. The molecule has 4 nitrogen and oxygen atoms in total. The monoisotopic (exact) mass is 229 g/mol. The summed E-state index contributed by atoms with van der Waals surface area (Å²) in [5, 5.41) is 0.226. The number of aromatic nitrogens is 1. The smallest absolute Gasteiger partial charge is 0.314 e. The van der Waals surface area contributed by atoms with Crippen LogP contribution in [0.2, 0.25) is 0 Å². The fraction of sp³-hybridized carbons (Fsp3) is 0.500. The Kier molecular flexibility index (Phi) is 4.08. The summed E-state index contributed by atoms with van der Waals surface area (Å²) in [5.74, 6) is 4.77. The van der Waals surface area contributed by atoms with Gasteiger partial charge in [-0.25, -0.2) is 4.98 Å². The van der Waals surface area contributed by atoms with Crippen LogP contribution in [-0.4, -0.2) is 30.2 Å². The van der Waals surface area contributed by atoms with E-state index in [4.69, 9.17) is 4.42 Å². The molecule has 0 aliphatic rings. The van der Waals surface area contributed by atoms with Crippen LogP contribution in [0.4, 0.5) is 0 Å². The lowest BCUT2D eigenvalue weighted by Crippen LogP contribution is -2.04. The molecule has 0 spiro atoms. The molecule has 0 saturated heterocycles. The Morgan fingerprint density at radius 2 is 2.47 bits per heavy atom. The minimum absolute atomic E-state index is 0.0124. The largest absolute Gasteiger partial charge is 0.469 e. The molecular weight excluding hydrogens is 214 g/mol. The number of hydrogen-bond donors (Lipinski definition) is 0. The number of esters is 1. The third-order valence-electron chi connectivity index (χ3n) is 2.10. The molecule has 0 saturated carbocycles. The van der Waals surface area contributed by atoms with Gasteiger partial charge in [0, 0.05) is 0 Å². The van der Waals surface area contributed by atoms with Crippen molar-refractivity contribution in [1.82, 2.24) is 4.98 Å². The van der Waals surface area contributed by atoms with E-state index in [2.05, 4.69) is 15.6 Å². The number of ether oxygens (including phenoxy) is 1. The van der Waals surface area contributed by atoms with Crippen molar-refractivity contribution in [1.29, 1.82) is 0 Å². The van der Waals surface area contributed by atoms with Gasteiger partial charge in [-0.05, 0) is 13.2 Å². The van der Waals surface area contributed by atoms with Crippen molar-refractivity contribution in [3.63, 3.8) is 0 Å². The maximum Gasteiger partial charge on any atom is 0.314 e. The van der Waals surface area contributed by atoms with Gasteiger partial charge in [0.1, 0.15) is 12.2 Å². The van der Waals surface area contributed by atoms with E-state index >= 15 is 0 Å². The van der Waals surface area contributed by atoms with E-state index in [1.165, 1.54) is 7.11 Å². The van der Waals surface area contributed by atoms with Crippen LogP contribution in [0, 0.1) is 0 Å². The molecule has 84 valence electrons. The van der Waals surface area contributed by atoms with Crippen LogP contribution >= 0.6 is 10.5 Å². The molecule has 2 unspecified atom stereocenters. The Morgan fingerprint density at radius 3 is 3.00 bits per heavy atom. The lowest BCUT2D eigenvalue weighted by molar-refractivity contribution is -0.140. The van der Waals surface area contributed by atoms with Gasteiger partial charge < -0.3 is 9.15 Å². The van der Waals surface area contributed by atoms with Crippen molar-refractivity contribution in [2.45, 2.75) is 18.6 Å². The highest BCUT2D eigenvalue weighted by molar-refractivity contribution is 8.13. The van der Waals surface area contributed by atoms with E-state index in [-0.39, 0.29) is 28.1 Å². The maximum absolute atomic E-state index is 11.0. The van der Waals surface area contributed by atoms with Gasteiger partial charge >= 0.3 is 5.97 Å². The normalized spacial score (nSPS) is 14.6. The summed E-state index contributed by atoms with van der Waals surface area (Å²) in [5.41, 5.74) is 0. The van der Waals surface area contributed by atoms with Gasteiger partial charge in [-0.2, -0.15) is 10.5 Å². The topological polar surface area (TPSA) is 52.3 Å². The van der Waals surface area contributed by atoms with Crippen LogP contribution in [0.15, 0.2) is 10.6 Å². The van der Waals surface area contributed by atoms with Crippen LogP contribution in [-0.2, 0) is 16.0 Å². The Bertz CT molecular complexity index is 372. The lowest BCUT2D eigenvalue weighted by atomic mass is 10.4. The lowest BCUT2D eigenvalue weighted by Gasteiger charge is -2.07. The molecule has 0 fully saturated rings. The van der Waals surface area contributed by atoms with Gasteiger partial charge in [0.05, 0.1) is 18.6 Å². The van der Waals surface area contributed by atoms with E-state index < -0.39 is 0 Å². The van der Waals surface area contributed by atoms with E-state index in [0.717, 1.165) is 5.76 Å². The van der Waals surface area contributed by atoms with Crippen molar-refractivity contribution < 1.29 is 13.9 Å². The van der Waals surface area contributed by atoms with Gasteiger partial charge in [-0.3, -0.25) is 4.79 Å². The predicted molar refractivity (Wildman–Crippen MR) is 61.3 cm³/mol. The van der Waals surface area contributed by atoms with Crippen LogP contribution in [0.3, 0.4) is 0 Å². The van der Waals surface area contributed by atoms with Crippen LogP contribution in [0.1, 0.15) is 23.8 Å². The molecule has 15 heavy (non-hydrogen) atoms. The van der Waals surface area contributed by atoms with Crippen LogP contribution in [0.25, 0.3) is 0 Å². The fourth-order valence-electron chi connectivity index (χ4n) is 0.988. The first-order valence-corrected chi connectivity index (χ1v) is 6.37. The van der Waals surface area contributed by atoms with Gasteiger partial charge in [0.2, 0.25) is 5.89 Å². The van der Waals surface area contributed by atoms with Crippen molar-refractivity contribution in [2.75, 3.05) is 13.4 Å². The Hall–Kier alpha value is -1.10. The molecule has 0 bridgehead atoms. The molecule has 0 aliphatic carbocycles. The summed E-state index contributed by atoms with van der Waals surface area (Å²) in [4.78, 5) is 15.0. The molecule has 0 aromatic carbocycles. The first-order chi connectivity index (χ1) is 7.04. The van der Waals surface area contributed by atoms with E-state index in [9.17, 15) is 4.79 Å². The zero-order valence-corrected chi connectivity index (χ0v) is 9.97. The molecule has 1 rings (SSSR count). The Balaban J connectivity index is 2.72. The number of nitrogens with zero attached hydrogens (tertiary/aromatic N) is 1. The molecular formula is C10H15NO3S. The first-order valence-electron chi connectivity index (χ1n) is 4.50. The highest BCUT2D eigenvalue weighted by Gasteiger charge is 2.14. The average Bonchev–Trinajstić information content (AvgIpc) is 2.64. The summed E-state index contributed by atoms with van der Waals surface area (Å²) >= 11 is 0. The van der Waals surface area contributed by atoms with Gasteiger partial charge in [-0.1, -0.05) is 5.87 Å². The number of carbonyl (C=O) groups is 1. The van der Waals surface area contributed by atoms with Gasteiger partial charge in [0.25, 0.3) is 0 Å². The number of hydrogen-bond acceptors (Lipinski definition) is 4. The summed E-state index contributed by atoms with van der Waals surface area (Å²) in [6, 6.07) is 0. The van der Waals surface area contributed by atoms with Crippen molar-refractivity contribution in [2.24, 2.45) is 0 Å². The molecule has 2 atom stereocenters. The zero-order chi connectivity index (χ0) is 11.4. The van der Waals surface area contributed by atoms with Crippen molar-refractivity contribution >= 4 is 22.3 Å². The quantitative estimate of drug-likeness (QED) is 0.583. The van der Waals surface area contributed by atoms with Crippen LogP contribution in [0.5, 0.6) is 0 Å². The van der Waals surface area contributed by atoms with E-state index in [0.29, 0.717) is 5.89 Å². The number of oxazole rings is 1. The minimum atomic E-state index is -0.346. The average molecular weight is 229 g/mol. The zero-order valence-electron chi connectivity index (χ0n) is 9.15.